The van der Waals surface area contributed by atoms with Gasteiger partial charge < -0.3 is 5.32 Å². The molecule has 1 heterocycles. The Morgan fingerprint density at radius 2 is 1.90 bits per heavy atom. The van der Waals surface area contributed by atoms with Crippen molar-refractivity contribution >= 4 is 52.2 Å². The van der Waals surface area contributed by atoms with Gasteiger partial charge in [-0.3, -0.25) is 14.9 Å². The summed E-state index contributed by atoms with van der Waals surface area (Å²) in [5.74, 6) is -0.755. The number of anilines is 1. The van der Waals surface area contributed by atoms with Crippen LogP contribution in [0.4, 0.5) is 11.5 Å². The first-order valence-electron chi connectivity index (χ1n) is 5.32. The molecule has 0 saturated heterocycles. The Labute approximate surface area is 133 Å². The maximum Gasteiger partial charge on any atom is 0.282 e. The summed E-state index contributed by atoms with van der Waals surface area (Å²) < 4.78 is 0. The van der Waals surface area contributed by atoms with E-state index in [1.165, 1.54) is 18.2 Å². The third kappa shape index (κ3) is 3.78. The van der Waals surface area contributed by atoms with Crippen molar-refractivity contribution in [3.63, 3.8) is 0 Å². The number of hydrogen-bond donors (Lipinski definition) is 1. The molecule has 1 aromatic carbocycles. The highest BCUT2D eigenvalue weighted by Gasteiger charge is 2.21. The molecular formula is C11H5Cl3N4O3. The molecule has 1 N–H and O–H groups in total. The van der Waals surface area contributed by atoms with Crippen molar-refractivity contribution in [2.45, 2.75) is 0 Å². The Bertz CT molecular complexity index is 718. The zero-order valence-corrected chi connectivity index (χ0v) is 12.3. The van der Waals surface area contributed by atoms with Crippen LogP contribution in [0.3, 0.4) is 0 Å². The van der Waals surface area contributed by atoms with E-state index in [9.17, 15) is 14.9 Å². The molecule has 0 aliphatic heterocycles. The van der Waals surface area contributed by atoms with E-state index in [-0.39, 0.29) is 32.5 Å². The van der Waals surface area contributed by atoms with Crippen molar-refractivity contribution < 1.29 is 9.72 Å². The second kappa shape index (κ2) is 6.21. The molecule has 10 heteroatoms. The largest absolute Gasteiger partial charge is 0.306 e. The number of nitro benzene ring substituents is 1. The van der Waals surface area contributed by atoms with Crippen molar-refractivity contribution in [1.29, 1.82) is 0 Å². The summed E-state index contributed by atoms with van der Waals surface area (Å²) in [7, 11) is 0. The van der Waals surface area contributed by atoms with E-state index in [1.807, 2.05) is 0 Å². The topological polar surface area (TPSA) is 98.0 Å². The number of carbonyl (C=O) groups excluding carboxylic acids is 1. The van der Waals surface area contributed by atoms with Crippen LogP contribution in [0, 0.1) is 10.1 Å². The van der Waals surface area contributed by atoms with Crippen LogP contribution in [0.5, 0.6) is 0 Å². The molecule has 2 rings (SSSR count). The van der Waals surface area contributed by atoms with Crippen LogP contribution in [-0.2, 0) is 0 Å². The molecular weight excluding hydrogens is 343 g/mol. The Morgan fingerprint density at radius 1 is 1.19 bits per heavy atom. The molecule has 0 fully saturated rings. The van der Waals surface area contributed by atoms with Gasteiger partial charge in [-0.25, -0.2) is 9.97 Å². The predicted octanol–water partition coefficient (Wildman–Crippen LogP) is 3.60. The highest BCUT2D eigenvalue weighted by Crippen LogP contribution is 2.24. The summed E-state index contributed by atoms with van der Waals surface area (Å²) in [5.41, 5.74) is -0.596. The van der Waals surface area contributed by atoms with Gasteiger partial charge in [0.1, 0.15) is 16.5 Å². The van der Waals surface area contributed by atoms with Crippen molar-refractivity contribution in [3.05, 3.63) is 55.4 Å². The van der Waals surface area contributed by atoms with E-state index in [2.05, 4.69) is 15.3 Å². The van der Waals surface area contributed by atoms with Gasteiger partial charge in [-0.05, 0) is 23.7 Å². The van der Waals surface area contributed by atoms with Crippen molar-refractivity contribution in [2.75, 3.05) is 5.32 Å². The fourth-order valence-corrected chi connectivity index (χ4v) is 2.07. The summed E-state index contributed by atoms with van der Waals surface area (Å²) in [5, 5.41) is 13.3. The number of benzene rings is 1. The summed E-state index contributed by atoms with van der Waals surface area (Å²) >= 11 is 17.0. The number of hydrogen-bond acceptors (Lipinski definition) is 5. The number of nitrogens with zero attached hydrogens (tertiary/aromatic N) is 3. The summed E-state index contributed by atoms with van der Waals surface area (Å²) in [6.07, 6.45) is 0. The number of rotatable bonds is 3. The monoisotopic (exact) mass is 346 g/mol. The van der Waals surface area contributed by atoms with E-state index < -0.39 is 10.8 Å². The average Bonchev–Trinajstić information content (AvgIpc) is 2.36. The third-order valence-electron chi connectivity index (χ3n) is 2.31. The van der Waals surface area contributed by atoms with E-state index in [0.717, 1.165) is 6.07 Å². The molecule has 0 atom stereocenters. The van der Waals surface area contributed by atoms with Gasteiger partial charge in [-0.2, -0.15) is 0 Å². The van der Waals surface area contributed by atoms with Crippen molar-refractivity contribution in [1.82, 2.24) is 9.97 Å². The first-order chi connectivity index (χ1) is 9.86. The van der Waals surface area contributed by atoms with Crippen LogP contribution in [0.2, 0.25) is 15.5 Å². The smallest absolute Gasteiger partial charge is 0.282 e. The quantitative estimate of drug-likeness (QED) is 0.396. The minimum atomic E-state index is -0.768. The van der Waals surface area contributed by atoms with Gasteiger partial charge in [0, 0.05) is 17.2 Å². The van der Waals surface area contributed by atoms with Crippen molar-refractivity contribution in [2.24, 2.45) is 0 Å². The SMILES string of the molecule is O=C(Nc1cc(Cl)nc(Cl)n1)c1cc(Cl)ccc1[N+](=O)[O-]. The number of aromatic nitrogens is 2. The Balaban J connectivity index is 2.36. The standard InChI is InChI=1S/C11H5Cl3N4O3/c12-5-1-2-7(18(20)21)6(3-5)10(19)16-9-4-8(13)15-11(14)17-9/h1-4H,(H,15,16,17,19). The van der Waals surface area contributed by atoms with Gasteiger partial charge in [0.05, 0.1) is 4.92 Å². The van der Waals surface area contributed by atoms with Crippen LogP contribution in [0.15, 0.2) is 24.3 Å². The molecule has 0 unspecified atom stereocenters. The lowest BCUT2D eigenvalue weighted by Crippen LogP contribution is -2.15. The lowest BCUT2D eigenvalue weighted by atomic mass is 10.1. The second-order valence-corrected chi connectivity index (χ2v) is 4.88. The number of nitrogens with one attached hydrogen (secondary N) is 1. The number of amides is 1. The minimum absolute atomic E-state index is 0.0132. The zero-order valence-electron chi connectivity index (χ0n) is 10.0. The van der Waals surface area contributed by atoms with Crippen LogP contribution < -0.4 is 5.32 Å². The fraction of sp³-hybridized carbons (Fsp3) is 0. The second-order valence-electron chi connectivity index (χ2n) is 3.72. The first-order valence-corrected chi connectivity index (χ1v) is 6.45. The maximum atomic E-state index is 12.1. The molecule has 7 nitrogen and oxygen atoms in total. The fourth-order valence-electron chi connectivity index (χ4n) is 1.49. The molecule has 108 valence electrons. The molecule has 0 bridgehead atoms. The van der Waals surface area contributed by atoms with Gasteiger partial charge in [0.15, 0.2) is 0 Å². The molecule has 1 aromatic heterocycles. The van der Waals surface area contributed by atoms with E-state index in [1.54, 1.807) is 0 Å². The summed E-state index contributed by atoms with van der Waals surface area (Å²) in [6, 6.07) is 4.88. The first kappa shape index (κ1) is 15.4. The molecule has 0 radical (unpaired) electrons. The van der Waals surface area contributed by atoms with Crippen LogP contribution in [0.25, 0.3) is 0 Å². The average molecular weight is 348 g/mol. The van der Waals surface area contributed by atoms with Gasteiger partial charge in [0.25, 0.3) is 11.6 Å². The number of halogens is 3. The molecule has 0 saturated carbocycles. The third-order valence-corrected chi connectivity index (χ3v) is 2.91. The molecule has 0 spiro atoms. The molecule has 0 aliphatic rings. The highest BCUT2D eigenvalue weighted by molar-refractivity contribution is 6.32. The molecule has 2 aromatic rings. The van der Waals surface area contributed by atoms with Gasteiger partial charge in [-0.15, -0.1) is 0 Å². The van der Waals surface area contributed by atoms with E-state index in [4.69, 9.17) is 34.8 Å². The zero-order chi connectivity index (χ0) is 15.6. The van der Waals surface area contributed by atoms with E-state index in [0.29, 0.717) is 0 Å². The minimum Gasteiger partial charge on any atom is -0.306 e. The normalized spacial score (nSPS) is 10.2. The summed E-state index contributed by atoms with van der Waals surface area (Å²) in [6.45, 7) is 0. The van der Waals surface area contributed by atoms with E-state index >= 15 is 0 Å². The Morgan fingerprint density at radius 3 is 2.52 bits per heavy atom. The van der Waals surface area contributed by atoms with Gasteiger partial charge >= 0.3 is 0 Å². The number of nitro groups is 1. The Hall–Kier alpha value is -1.96. The lowest BCUT2D eigenvalue weighted by Gasteiger charge is -2.06. The summed E-state index contributed by atoms with van der Waals surface area (Å²) in [4.78, 5) is 29.7. The van der Waals surface area contributed by atoms with Crippen LogP contribution in [0.1, 0.15) is 10.4 Å². The van der Waals surface area contributed by atoms with Crippen LogP contribution >= 0.6 is 34.8 Å². The highest BCUT2D eigenvalue weighted by atomic mass is 35.5. The number of carbonyl (C=O) groups is 1. The molecule has 21 heavy (non-hydrogen) atoms. The van der Waals surface area contributed by atoms with Crippen molar-refractivity contribution in [3.8, 4) is 0 Å². The Kier molecular flexibility index (Phi) is 4.56. The predicted molar refractivity (Wildman–Crippen MR) is 78.1 cm³/mol. The van der Waals surface area contributed by atoms with Gasteiger partial charge in [-0.1, -0.05) is 23.2 Å². The molecule has 1 amide bonds. The van der Waals surface area contributed by atoms with Gasteiger partial charge in [0.2, 0.25) is 5.28 Å². The molecule has 0 aliphatic carbocycles. The van der Waals surface area contributed by atoms with Crippen LogP contribution in [-0.4, -0.2) is 20.8 Å². The maximum absolute atomic E-state index is 12.1. The lowest BCUT2D eigenvalue weighted by molar-refractivity contribution is -0.385.